The van der Waals surface area contributed by atoms with Crippen molar-refractivity contribution in [1.29, 1.82) is 0 Å². The van der Waals surface area contributed by atoms with Gasteiger partial charge >= 0.3 is 0 Å². The maximum absolute atomic E-state index is 12.6. The van der Waals surface area contributed by atoms with E-state index in [0.29, 0.717) is 33.7 Å². The second kappa shape index (κ2) is 9.65. The third-order valence-electron chi connectivity index (χ3n) is 4.66. The molecule has 1 aromatic heterocycles. The van der Waals surface area contributed by atoms with Crippen LogP contribution in [0.25, 0.3) is 0 Å². The maximum Gasteiger partial charge on any atom is 0.252 e. The Morgan fingerprint density at radius 3 is 2.40 bits per heavy atom. The first-order valence-corrected chi connectivity index (χ1v) is 12.3. The molecule has 0 atom stereocenters. The number of benzene rings is 1. The number of hydrogen-bond donors (Lipinski definition) is 1. The predicted octanol–water partition coefficient (Wildman–Crippen LogP) is 3.48. The molecule has 1 aliphatic rings. The molecule has 0 radical (unpaired) electrons. The largest absolute Gasteiger partial charge is 0.336 e. The second-order valence-electron chi connectivity index (χ2n) is 6.90. The minimum Gasteiger partial charge on any atom is -0.336 e. The van der Waals surface area contributed by atoms with Crippen LogP contribution >= 0.6 is 34.5 Å². The number of likely N-dealkylation sites (N-methyl/N-ethyl adjacent to an activating group) is 1. The first-order chi connectivity index (χ1) is 14.2. The Labute approximate surface area is 189 Å². The first-order valence-electron chi connectivity index (χ1n) is 9.25. The van der Waals surface area contributed by atoms with Crippen LogP contribution < -0.4 is 5.32 Å². The zero-order chi connectivity index (χ0) is 21.9. The summed E-state index contributed by atoms with van der Waals surface area (Å²) in [5.74, 6) is -0.744. The van der Waals surface area contributed by atoms with Gasteiger partial charge in [0.25, 0.3) is 10.0 Å². The van der Waals surface area contributed by atoms with E-state index in [-0.39, 0.29) is 23.1 Å². The summed E-state index contributed by atoms with van der Waals surface area (Å²) in [7, 11) is -1.99. The van der Waals surface area contributed by atoms with Crippen molar-refractivity contribution in [3.8, 4) is 0 Å². The Hall–Kier alpha value is -1.65. The summed E-state index contributed by atoms with van der Waals surface area (Å²) < 4.78 is 26.9. The van der Waals surface area contributed by atoms with E-state index in [1.54, 1.807) is 24.3 Å². The van der Waals surface area contributed by atoms with Crippen LogP contribution in [-0.4, -0.2) is 56.1 Å². The monoisotopic (exact) mass is 489 g/mol. The second-order valence-corrected chi connectivity index (χ2v) is 11.1. The number of nitrogens with zero attached hydrogens (tertiary/aromatic N) is 2. The predicted molar refractivity (Wildman–Crippen MR) is 119 cm³/mol. The van der Waals surface area contributed by atoms with Crippen LogP contribution in [0.15, 0.2) is 34.5 Å². The normalized spacial score (nSPS) is 14.6. The quantitative estimate of drug-likeness (QED) is 0.644. The van der Waals surface area contributed by atoms with Crippen LogP contribution in [0.3, 0.4) is 0 Å². The van der Waals surface area contributed by atoms with Gasteiger partial charge in [-0.25, -0.2) is 8.42 Å². The van der Waals surface area contributed by atoms with E-state index in [1.165, 1.54) is 22.3 Å². The zero-order valence-corrected chi connectivity index (χ0v) is 19.4. The Balaban J connectivity index is 1.58. The van der Waals surface area contributed by atoms with Gasteiger partial charge in [-0.05, 0) is 37.1 Å². The van der Waals surface area contributed by atoms with Crippen molar-refractivity contribution in [2.75, 3.05) is 32.0 Å². The van der Waals surface area contributed by atoms with Crippen molar-refractivity contribution in [2.45, 2.75) is 23.5 Å². The lowest BCUT2D eigenvalue weighted by molar-refractivity contribution is -0.132. The molecule has 2 aromatic rings. The van der Waals surface area contributed by atoms with Gasteiger partial charge in [0.15, 0.2) is 0 Å². The molecule has 1 saturated heterocycles. The van der Waals surface area contributed by atoms with Gasteiger partial charge < -0.3 is 10.2 Å². The minimum atomic E-state index is -3.50. The Bertz CT molecular complexity index is 1030. The topological polar surface area (TPSA) is 86.8 Å². The fourth-order valence-electron chi connectivity index (χ4n) is 3.03. The number of halogens is 2. The molecule has 0 unspecified atom stereocenters. The van der Waals surface area contributed by atoms with Crippen molar-refractivity contribution in [1.82, 2.24) is 9.21 Å². The SMILES string of the molecule is CN(CC(=O)Nc1c(Cl)cccc1Cl)C(=O)Cc1ccc(S(=O)(=O)N2CCCC2)s1. The number of sulfonamides is 1. The molecular formula is C19H21Cl2N3O4S2. The highest BCUT2D eigenvalue weighted by molar-refractivity contribution is 7.91. The maximum atomic E-state index is 12.6. The first kappa shape index (κ1) is 23.0. The molecule has 1 fully saturated rings. The highest BCUT2D eigenvalue weighted by Gasteiger charge is 2.28. The summed E-state index contributed by atoms with van der Waals surface area (Å²) in [6, 6.07) is 8.04. The van der Waals surface area contributed by atoms with Gasteiger partial charge in [0, 0.05) is 25.0 Å². The summed E-state index contributed by atoms with van der Waals surface area (Å²) >= 11 is 13.2. The number of carbonyl (C=O) groups is 2. The molecule has 0 saturated carbocycles. The van der Waals surface area contributed by atoms with E-state index in [0.717, 1.165) is 24.2 Å². The molecule has 1 N–H and O–H groups in total. The summed E-state index contributed by atoms with van der Waals surface area (Å²) in [4.78, 5) is 26.6. The molecule has 30 heavy (non-hydrogen) atoms. The van der Waals surface area contributed by atoms with Gasteiger partial charge in [-0.15, -0.1) is 11.3 Å². The summed E-state index contributed by atoms with van der Waals surface area (Å²) in [5, 5.41) is 3.21. The van der Waals surface area contributed by atoms with Crippen LogP contribution in [-0.2, 0) is 26.0 Å². The molecule has 7 nitrogen and oxygen atoms in total. The number of hydrogen-bond acceptors (Lipinski definition) is 5. The molecule has 162 valence electrons. The highest BCUT2D eigenvalue weighted by Crippen LogP contribution is 2.30. The molecular weight excluding hydrogens is 469 g/mol. The molecule has 2 amide bonds. The average molecular weight is 490 g/mol. The standard InChI is InChI=1S/C19H21Cl2N3O4S2/c1-23(12-16(25)22-19-14(20)5-4-6-15(19)21)17(26)11-13-7-8-18(29-13)30(27,28)24-9-2-3-10-24/h4-8H,2-3,9-12H2,1H3,(H,22,25). The molecule has 1 aromatic carbocycles. The number of rotatable bonds is 7. The van der Waals surface area contributed by atoms with E-state index in [2.05, 4.69) is 5.32 Å². The Morgan fingerprint density at radius 1 is 1.13 bits per heavy atom. The van der Waals surface area contributed by atoms with E-state index in [4.69, 9.17) is 23.2 Å². The smallest absolute Gasteiger partial charge is 0.252 e. The number of anilines is 1. The number of nitrogens with one attached hydrogen (secondary N) is 1. The lowest BCUT2D eigenvalue weighted by Crippen LogP contribution is -2.35. The van der Waals surface area contributed by atoms with Crippen molar-refractivity contribution in [3.05, 3.63) is 45.3 Å². The summed E-state index contributed by atoms with van der Waals surface area (Å²) in [6.45, 7) is 0.869. The van der Waals surface area contributed by atoms with Gasteiger partial charge in [0.1, 0.15) is 4.21 Å². The molecule has 0 spiro atoms. The van der Waals surface area contributed by atoms with Crippen LogP contribution in [0.1, 0.15) is 17.7 Å². The van der Waals surface area contributed by atoms with Crippen molar-refractivity contribution in [3.63, 3.8) is 0 Å². The fourth-order valence-corrected chi connectivity index (χ4v) is 6.54. The number of carbonyl (C=O) groups excluding carboxylic acids is 2. The van der Waals surface area contributed by atoms with Gasteiger partial charge in [0.2, 0.25) is 11.8 Å². The number of amides is 2. The fraction of sp³-hybridized carbons (Fsp3) is 0.368. The average Bonchev–Trinajstić information content (AvgIpc) is 3.37. The molecule has 0 bridgehead atoms. The Kier molecular flexibility index (Phi) is 7.41. The van der Waals surface area contributed by atoms with Crippen LogP contribution in [0.5, 0.6) is 0 Å². The van der Waals surface area contributed by atoms with Gasteiger partial charge in [-0.2, -0.15) is 4.31 Å². The summed E-state index contributed by atoms with van der Waals surface area (Å²) in [5.41, 5.74) is 0.293. The van der Waals surface area contributed by atoms with Crippen LogP contribution in [0, 0.1) is 0 Å². The van der Waals surface area contributed by atoms with Crippen LogP contribution in [0.2, 0.25) is 10.0 Å². The van der Waals surface area contributed by atoms with E-state index in [1.807, 2.05) is 0 Å². The van der Waals surface area contributed by atoms with E-state index < -0.39 is 15.9 Å². The van der Waals surface area contributed by atoms with E-state index >= 15 is 0 Å². The molecule has 0 aliphatic carbocycles. The van der Waals surface area contributed by atoms with Crippen molar-refractivity contribution < 1.29 is 18.0 Å². The van der Waals surface area contributed by atoms with E-state index in [9.17, 15) is 18.0 Å². The van der Waals surface area contributed by atoms with Gasteiger partial charge in [-0.1, -0.05) is 29.3 Å². The van der Waals surface area contributed by atoms with Crippen LogP contribution in [0.4, 0.5) is 5.69 Å². The van der Waals surface area contributed by atoms with Gasteiger partial charge in [-0.3, -0.25) is 9.59 Å². The lowest BCUT2D eigenvalue weighted by Gasteiger charge is -2.17. The third-order valence-corrected chi connectivity index (χ3v) is 8.74. The Morgan fingerprint density at radius 2 is 1.77 bits per heavy atom. The zero-order valence-electron chi connectivity index (χ0n) is 16.2. The summed E-state index contributed by atoms with van der Waals surface area (Å²) in [6.07, 6.45) is 1.74. The number of para-hydroxylation sites is 1. The third kappa shape index (κ3) is 5.33. The highest BCUT2D eigenvalue weighted by atomic mass is 35.5. The lowest BCUT2D eigenvalue weighted by atomic mass is 10.3. The van der Waals surface area contributed by atoms with Crippen molar-refractivity contribution in [2.24, 2.45) is 0 Å². The number of thiophene rings is 1. The molecule has 2 heterocycles. The minimum absolute atomic E-state index is 0.0107. The van der Waals surface area contributed by atoms with Crippen molar-refractivity contribution >= 4 is 62.1 Å². The molecule has 1 aliphatic heterocycles. The molecule has 11 heteroatoms. The van der Waals surface area contributed by atoms with Gasteiger partial charge in [0.05, 0.1) is 28.7 Å². The molecule has 3 rings (SSSR count).